The summed E-state index contributed by atoms with van der Waals surface area (Å²) >= 11 is 6.23. The van der Waals surface area contributed by atoms with Crippen LogP contribution in [0.5, 0.6) is 0 Å². The summed E-state index contributed by atoms with van der Waals surface area (Å²) in [4.78, 5) is 14.6. The number of benzene rings is 1. The average molecular weight is 281 g/mol. The molecule has 19 heavy (non-hydrogen) atoms. The maximum Gasteiger partial charge on any atom is 0.232 e. The monoisotopic (exact) mass is 280 g/mol. The fraction of sp³-hybridized carbons (Fsp3) is 0.533. The first-order valence-corrected chi connectivity index (χ1v) is 7.05. The molecule has 1 aromatic carbocycles. The van der Waals surface area contributed by atoms with E-state index in [4.69, 9.17) is 11.6 Å². The van der Waals surface area contributed by atoms with Gasteiger partial charge in [-0.2, -0.15) is 0 Å². The van der Waals surface area contributed by atoms with Gasteiger partial charge in [-0.3, -0.25) is 4.79 Å². The van der Waals surface area contributed by atoms with E-state index in [1.807, 2.05) is 50.1 Å². The van der Waals surface area contributed by atoms with Crippen LogP contribution in [0.25, 0.3) is 0 Å². The molecule has 4 heteroatoms. The van der Waals surface area contributed by atoms with Crippen molar-refractivity contribution < 1.29 is 4.79 Å². The van der Waals surface area contributed by atoms with Crippen molar-refractivity contribution in [1.82, 2.24) is 10.2 Å². The van der Waals surface area contributed by atoms with E-state index in [0.717, 1.165) is 25.1 Å². The lowest BCUT2D eigenvalue weighted by Gasteiger charge is -2.33. The molecule has 1 saturated heterocycles. The molecule has 1 unspecified atom stereocenters. The molecule has 0 saturated carbocycles. The summed E-state index contributed by atoms with van der Waals surface area (Å²) in [7, 11) is 1.89. The highest BCUT2D eigenvalue weighted by Crippen LogP contribution is 2.32. The van der Waals surface area contributed by atoms with Crippen molar-refractivity contribution in [3.05, 3.63) is 34.9 Å². The molecular formula is C15H21ClN2O. The molecule has 3 nitrogen and oxygen atoms in total. The van der Waals surface area contributed by atoms with E-state index in [1.165, 1.54) is 0 Å². The Morgan fingerprint density at radius 2 is 2.11 bits per heavy atom. The van der Waals surface area contributed by atoms with Gasteiger partial charge in [-0.1, -0.05) is 29.8 Å². The van der Waals surface area contributed by atoms with Crippen molar-refractivity contribution in [2.24, 2.45) is 0 Å². The molecule has 0 radical (unpaired) electrons. The first-order chi connectivity index (χ1) is 8.94. The Hall–Kier alpha value is -1.06. The number of carbonyl (C=O) groups is 1. The normalized spacial score (nSPS) is 19.5. The Kier molecular flexibility index (Phi) is 4.16. The molecule has 1 atom stereocenters. The van der Waals surface area contributed by atoms with E-state index in [2.05, 4.69) is 5.32 Å². The second-order valence-corrected chi connectivity index (χ2v) is 6.07. The van der Waals surface area contributed by atoms with Crippen LogP contribution >= 0.6 is 11.6 Å². The minimum absolute atomic E-state index is 0.120. The van der Waals surface area contributed by atoms with Gasteiger partial charge in [0.2, 0.25) is 5.91 Å². The van der Waals surface area contributed by atoms with Gasteiger partial charge in [-0.05, 0) is 38.4 Å². The molecule has 1 N–H and O–H groups in total. The van der Waals surface area contributed by atoms with Crippen molar-refractivity contribution in [2.75, 3.05) is 20.1 Å². The van der Waals surface area contributed by atoms with Crippen LogP contribution in [0.2, 0.25) is 5.02 Å². The molecule has 104 valence electrons. The quantitative estimate of drug-likeness (QED) is 0.922. The SMILES string of the molecule is CN(C(=O)C(C)(C)c1ccccc1Cl)C1CCNC1. The lowest BCUT2D eigenvalue weighted by atomic mass is 9.83. The summed E-state index contributed by atoms with van der Waals surface area (Å²) in [5.41, 5.74) is 0.287. The minimum Gasteiger partial charge on any atom is -0.341 e. The largest absolute Gasteiger partial charge is 0.341 e. The molecule has 1 aliphatic heterocycles. The van der Waals surface area contributed by atoms with Crippen molar-refractivity contribution in [3.63, 3.8) is 0 Å². The van der Waals surface area contributed by atoms with E-state index in [9.17, 15) is 4.79 Å². The van der Waals surface area contributed by atoms with Gasteiger partial charge < -0.3 is 10.2 Å². The zero-order valence-corrected chi connectivity index (χ0v) is 12.5. The first-order valence-electron chi connectivity index (χ1n) is 6.67. The van der Waals surface area contributed by atoms with Gasteiger partial charge in [-0.15, -0.1) is 0 Å². The van der Waals surface area contributed by atoms with Crippen LogP contribution in [-0.4, -0.2) is 37.0 Å². The number of amides is 1. The standard InChI is InChI=1S/C15H21ClN2O/c1-15(2,12-6-4-5-7-13(12)16)14(19)18(3)11-8-9-17-10-11/h4-7,11,17H,8-10H2,1-3H3. The number of hydrogen-bond donors (Lipinski definition) is 1. The molecule has 2 rings (SSSR count). The van der Waals surface area contributed by atoms with Crippen molar-refractivity contribution in [3.8, 4) is 0 Å². The summed E-state index contributed by atoms with van der Waals surface area (Å²) < 4.78 is 0. The van der Waals surface area contributed by atoms with Gasteiger partial charge in [0.1, 0.15) is 0 Å². The Bertz CT molecular complexity index is 467. The summed E-state index contributed by atoms with van der Waals surface area (Å²) in [5, 5.41) is 3.94. The lowest BCUT2D eigenvalue weighted by Crippen LogP contribution is -2.47. The number of halogens is 1. The van der Waals surface area contributed by atoms with Gasteiger partial charge in [0.25, 0.3) is 0 Å². The lowest BCUT2D eigenvalue weighted by molar-refractivity contribution is -0.136. The number of hydrogen-bond acceptors (Lipinski definition) is 2. The number of carbonyl (C=O) groups excluding carboxylic acids is 1. The summed E-state index contributed by atoms with van der Waals surface area (Å²) in [6.45, 7) is 5.74. The van der Waals surface area contributed by atoms with Crippen LogP contribution in [0, 0.1) is 0 Å². The number of nitrogens with zero attached hydrogens (tertiary/aromatic N) is 1. The van der Waals surface area contributed by atoms with E-state index >= 15 is 0 Å². The molecule has 0 spiro atoms. The van der Waals surface area contributed by atoms with Crippen molar-refractivity contribution in [2.45, 2.75) is 31.7 Å². The van der Waals surface area contributed by atoms with Gasteiger partial charge in [0, 0.05) is 24.7 Å². The highest BCUT2D eigenvalue weighted by atomic mass is 35.5. The predicted octanol–water partition coefficient (Wildman–Crippen LogP) is 2.44. The fourth-order valence-corrected chi connectivity index (χ4v) is 3.03. The zero-order chi connectivity index (χ0) is 14.0. The fourth-order valence-electron chi connectivity index (χ4n) is 2.66. The third-order valence-corrected chi connectivity index (χ3v) is 4.31. The molecule has 1 amide bonds. The summed E-state index contributed by atoms with van der Waals surface area (Å²) in [5.74, 6) is 0.120. The van der Waals surface area contributed by atoms with Crippen LogP contribution < -0.4 is 5.32 Å². The molecule has 0 aliphatic carbocycles. The molecule has 0 bridgehead atoms. The molecule has 1 heterocycles. The Balaban J connectivity index is 2.23. The molecule has 1 aromatic rings. The second-order valence-electron chi connectivity index (χ2n) is 5.67. The number of nitrogens with one attached hydrogen (secondary N) is 1. The molecule has 1 fully saturated rings. The Morgan fingerprint density at radius 1 is 1.42 bits per heavy atom. The highest BCUT2D eigenvalue weighted by molar-refractivity contribution is 6.31. The van der Waals surface area contributed by atoms with E-state index in [1.54, 1.807) is 0 Å². The zero-order valence-electron chi connectivity index (χ0n) is 11.7. The smallest absolute Gasteiger partial charge is 0.232 e. The van der Waals surface area contributed by atoms with Crippen LogP contribution in [0.1, 0.15) is 25.8 Å². The summed E-state index contributed by atoms with van der Waals surface area (Å²) in [6.07, 6.45) is 1.01. The topological polar surface area (TPSA) is 32.3 Å². The molecular weight excluding hydrogens is 260 g/mol. The van der Waals surface area contributed by atoms with Crippen LogP contribution in [0.4, 0.5) is 0 Å². The third kappa shape index (κ3) is 2.77. The van der Waals surface area contributed by atoms with Gasteiger partial charge in [0.05, 0.1) is 5.41 Å². The second kappa shape index (κ2) is 5.51. The maximum absolute atomic E-state index is 12.7. The van der Waals surface area contributed by atoms with Crippen molar-refractivity contribution >= 4 is 17.5 Å². The van der Waals surface area contributed by atoms with E-state index in [0.29, 0.717) is 5.02 Å². The van der Waals surface area contributed by atoms with Crippen molar-refractivity contribution in [1.29, 1.82) is 0 Å². The summed E-state index contributed by atoms with van der Waals surface area (Å²) in [6, 6.07) is 7.86. The Labute approximate surface area is 119 Å². The predicted molar refractivity (Wildman–Crippen MR) is 78.5 cm³/mol. The maximum atomic E-state index is 12.7. The van der Waals surface area contributed by atoms with E-state index < -0.39 is 5.41 Å². The third-order valence-electron chi connectivity index (χ3n) is 3.98. The molecule has 1 aliphatic rings. The first kappa shape index (κ1) is 14.4. The van der Waals surface area contributed by atoms with Gasteiger partial charge >= 0.3 is 0 Å². The number of rotatable bonds is 3. The highest BCUT2D eigenvalue weighted by Gasteiger charge is 2.36. The number of likely N-dealkylation sites (N-methyl/N-ethyl adjacent to an activating group) is 1. The van der Waals surface area contributed by atoms with Crippen LogP contribution in [0.3, 0.4) is 0 Å². The average Bonchev–Trinajstić information content (AvgIpc) is 2.91. The minimum atomic E-state index is -0.602. The van der Waals surface area contributed by atoms with Crippen LogP contribution in [0.15, 0.2) is 24.3 Å². The van der Waals surface area contributed by atoms with Crippen LogP contribution in [-0.2, 0) is 10.2 Å². The van der Waals surface area contributed by atoms with Gasteiger partial charge in [-0.25, -0.2) is 0 Å². The van der Waals surface area contributed by atoms with Gasteiger partial charge in [0.15, 0.2) is 0 Å². The molecule has 0 aromatic heterocycles. The van der Waals surface area contributed by atoms with E-state index in [-0.39, 0.29) is 11.9 Å². The Morgan fingerprint density at radius 3 is 2.68 bits per heavy atom.